The lowest BCUT2D eigenvalue weighted by Gasteiger charge is -2.30. The second-order valence-corrected chi connectivity index (χ2v) is 4.26. The third-order valence-corrected chi connectivity index (χ3v) is 3.15. The Kier molecular flexibility index (Phi) is 3.42. The minimum Gasteiger partial charge on any atom is -0.369 e. The quantitative estimate of drug-likeness (QED) is 0.819. The van der Waals surface area contributed by atoms with E-state index in [1.807, 2.05) is 0 Å². The Morgan fingerprint density at radius 2 is 1.82 bits per heavy atom. The molecule has 0 spiro atoms. The molecule has 1 radical (unpaired) electrons. The van der Waals surface area contributed by atoms with E-state index < -0.39 is 0 Å². The minimum atomic E-state index is -0.258. The summed E-state index contributed by atoms with van der Waals surface area (Å²) in [6.07, 6.45) is 1.33. The van der Waals surface area contributed by atoms with Crippen LogP contribution in [-0.2, 0) is 4.79 Å². The number of carbonyl (C=O) groups is 2. The SMILES string of the molecule is NC(=O)C1CCN(C(=O)c2cc[c]cc2)CC1. The lowest BCUT2D eigenvalue weighted by molar-refractivity contribution is -0.123. The molecule has 2 rings (SSSR count). The lowest BCUT2D eigenvalue weighted by atomic mass is 9.96. The number of nitrogens with two attached hydrogens (primary N) is 1. The molecule has 2 N–H and O–H groups in total. The smallest absolute Gasteiger partial charge is 0.253 e. The summed E-state index contributed by atoms with van der Waals surface area (Å²) in [5.41, 5.74) is 5.92. The molecule has 0 bridgehead atoms. The highest BCUT2D eigenvalue weighted by Gasteiger charge is 2.26. The van der Waals surface area contributed by atoms with Crippen molar-refractivity contribution in [1.29, 1.82) is 0 Å². The van der Waals surface area contributed by atoms with Gasteiger partial charge in [0.1, 0.15) is 0 Å². The average molecular weight is 231 g/mol. The van der Waals surface area contributed by atoms with E-state index in [0.29, 0.717) is 31.5 Å². The zero-order valence-electron chi connectivity index (χ0n) is 9.56. The fourth-order valence-electron chi connectivity index (χ4n) is 2.08. The molecule has 89 valence electrons. The van der Waals surface area contributed by atoms with Gasteiger partial charge in [0.05, 0.1) is 0 Å². The Balaban J connectivity index is 1.98. The summed E-state index contributed by atoms with van der Waals surface area (Å²) in [6.45, 7) is 1.20. The Hall–Kier alpha value is -1.84. The first kappa shape index (κ1) is 11.6. The molecule has 0 aromatic heterocycles. The van der Waals surface area contributed by atoms with Gasteiger partial charge in [-0.05, 0) is 31.0 Å². The standard InChI is InChI=1S/C13H15N2O2/c14-12(16)10-6-8-15(9-7-10)13(17)11-4-2-1-3-5-11/h2-5,10H,6-9H2,(H2,14,16). The van der Waals surface area contributed by atoms with Crippen LogP contribution in [0.5, 0.6) is 0 Å². The lowest BCUT2D eigenvalue weighted by Crippen LogP contribution is -2.41. The molecule has 1 aliphatic rings. The summed E-state index contributed by atoms with van der Waals surface area (Å²) in [5.74, 6) is -0.323. The molecule has 4 heteroatoms. The van der Waals surface area contributed by atoms with Crippen molar-refractivity contribution in [3.63, 3.8) is 0 Å². The van der Waals surface area contributed by atoms with Crippen LogP contribution in [0.1, 0.15) is 23.2 Å². The van der Waals surface area contributed by atoms with Crippen LogP contribution in [0.3, 0.4) is 0 Å². The molecular weight excluding hydrogens is 216 g/mol. The Morgan fingerprint density at radius 1 is 1.24 bits per heavy atom. The molecule has 17 heavy (non-hydrogen) atoms. The summed E-state index contributed by atoms with van der Waals surface area (Å²) >= 11 is 0. The molecule has 1 aliphatic heterocycles. The van der Waals surface area contributed by atoms with E-state index >= 15 is 0 Å². The largest absolute Gasteiger partial charge is 0.369 e. The first-order valence-corrected chi connectivity index (χ1v) is 5.73. The first-order valence-electron chi connectivity index (χ1n) is 5.73. The van der Waals surface area contributed by atoms with Gasteiger partial charge in [-0.1, -0.05) is 12.1 Å². The van der Waals surface area contributed by atoms with E-state index in [0.717, 1.165) is 0 Å². The number of hydrogen-bond acceptors (Lipinski definition) is 2. The zero-order chi connectivity index (χ0) is 12.3. The molecular formula is C13H15N2O2. The van der Waals surface area contributed by atoms with E-state index in [1.165, 1.54) is 0 Å². The van der Waals surface area contributed by atoms with Crippen LogP contribution in [0.4, 0.5) is 0 Å². The molecule has 4 nitrogen and oxygen atoms in total. The number of amides is 2. The van der Waals surface area contributed by atoms with Gasteiger partial charge in [0, 0.05) is 24.6 Å². The number of primary amides is 1. The third-order valence-electron chi connectivity index (χ3n) is 3.15. The molecule has 1 heterocycles. The molecule has 0 saturated carbocycles. The van der Waals surface area contributed by atoms with Crippen molar-refractivity contribution in [3.8, 4) is 0 Å². The number of likely N-dealkylation sites (tertiary alicyclic amines) is 1. The maximum atomic E-state index is 12.1. The number of hydrogen-bond donors (Lipinski definition) is 1. The topological polar surface area (TPSA) is 63.4 Å². The van der Waals surface area contributed by atoms with Crippen molar-refractivity contribution in [2.45, 2.75) is 12.8 Å². The maximum absolute atomic E-state index is 12.1. The Morgan fingerprint density at radius 3 is 2.35 bits per heavy atom. The van der Waals surface area contributed by atoms with Gasteiger partial charge in [-0.2, -0.15) is 0 Å². The summed E-state index contributed by atoms with van der Waals surface area (Å²) in [7, 11) is 0. The third kappa shape index (κ3) is 2.64. The van der Waals surface area contributed by atoms with Crippen LogP contribution in [0.2, 0.25) is 0 Å². The molecule has 1 aromatic rings. The number of benzene rings is 1. The predicted molar refractivity (Wildman–Crippen MR) is 63.1 cm³/mol. The predicted octanol–water partition coefficient (Wildman–Crippen LogP) is 0.824. The van der Waals surface area contributed by atoms with Crippen molar-refractivity contribution in [2.75, 3.05) is 13.1 Å². The molecule has 0 unspecified atom stereocenters. The van der Waals surface area contributed by atoms with E-state index in [-0.39, 0.29) is 17.7 Å². The minimum absolute atomic E-state index is 0.0157. The van der Waals surface area contributed by atoms with Crippen LogP contribution in [-0.4, -0.2) is 29.8 Å². The number of carbonyl (C=O) groups excluding carboxylic acids is 2. The molecule has 0 aliphatic carbocycles. The monoisotopic (exact) mass is 231 g/mol. The first-order chi connectivity index (χ1) is 8.18. The van der Waals surface area contributed by atoms with Gasteiger partial charge in [0.15, 0.2) is 0 Å². The van der Waals surface area contributed by atoms with Gasteiger partial charge in [-0.25, -0.2) is 0 Å². The van der Waals surface area contributed by atoms with E-state index in [4.69, 9.17) is 5.73 Å². The van der Waals surface area contributed by atoms with Crippen LogP contribution >= 0.6 is 0 Å². The van der Waals surface area contributed by atoms with Gasteiger partial charge < -0.3 is 10.6 Å². The van der Waals surface area contributed by atoms with Crippen LogP contribution in [0.25, 0.3) is 0 Å². The molecule has 2 amide bonds. The summed E-state index contributed by atoms with van der Waals surface area (Å²) in [6, 6.07) is 9.84. The van der Waals surface area contributed by atoms with Crippen molar-refractivity contribution in [1.82, 2.24) is 4.90 Å². The molecule has 1 fully saturated rings. The zero-order valence-corrected chi connectivity index (χ0v) is 9.56. The van der Waals surface area contributed by atoms with Crippen molar-refractivity contribution in [2.24, 2.45) is 11.7 Å². The summed E-state index contributed by atoms with van der Waals surface area (Å²) in [4.78, 5) is 24.9. The van der Waals surface area contributed by atoms with Crippen molar-refractivity contribution < 1.29 is 9.59 Å². The average Bonchev–Trinajstić information content (AvgIpc) is 2.39. The fourth-order valence-corrected chi connectivity index (χ4v) is 2.08. The Bertz CT molecular complexity index is 409. The second-order valence-electron chi connectivity index (χ2n) is 4.26. The van der Waals surface area contributed by atoms with Crippen LogP contribution in [0.15, 0.2) is 24.3 Å². The van der Waals surface area contributed by atoms with E-state index in [2.05, 4.69) is 6.07 Å². The highest BCUT2D eigenvalue weighted by atomic mass is 16.2. The van der Waals surface area contributed by atoms with Gasteiger partial charge in [0.25, 0.3) is 5.91 Å². The van der Waals surface area contributed by atoms with Gasteiger partial charge in [-0.3, -0.25) is 9.59 Å². The highest BCUT2D eigenvalue weighted by molar-refractivity contribution is 5.94. The normalized spacial score (nSPS) is 16.8. The van der Waals surface area contributed by atoms with Gasteiger partial charge in [0.2, 0.25) is 5.91 Å². The van der Waals surface area contributed by atoms with Crippen molar-refractivity contribution >= 4 is 11.8 Å². The van der Waals surface area contributed by atoms with Gasteiger partial charge >= 0.3 is 0 Å². The fraction of sp³-hybridized carbons (Fsp3) is 0.385. The summed E-state index contributed by atoms with van der Waals surface area (Å²) in [5, 5.41) is 0. The Labute approximate surface area is 100 Å². The highest BCUT2D eigenvalue weighted by Crippen LogP contribution is 2.18. The van der Waals surface area contributed by atoms with Crippen molar-refractivity contribution in [3.05, 3.63) is 35.9 Å². The van der Waals surface area contributed by atoms with Crippen LogP contribution in [0, 0.1) is 12.0 Å². The van der Waals surface area contributed by atoms with Gasteiger partial charge in [-0.15, -0.1) is 0 Å². The van der Waals surface area contributed by atoms with E-state index in [9.17, 15) is 9.59 Å². The van der Waals surface area contributed by atoms with Crippen LogP contribution < -0.4 is 5.73 Å². The molecule has 1 aromatic carbocycles. The number of piperidine rings is 1. The molecule has 0 atom stereocenters. The summed E-state index contributed by atoms with van der Waals surface area (Å²) < 4.78 is 0. The molecule has 1 saturated heterocycles. The number of rotatable bonds is 2. The second kappa shape index (κ2) is 4.99. The van der Waals surface area contributed by atoms with E-state index in [1.54, 1.807) is 29.2 Å². The maximum Gasteiger partial charge on any atom is 0.253 e. The number of nitrogens with zero attached hydrogens (tertiary/aromatic N) is 1.